The van der Waals surface area contributed by atoms with E-state index >= 15 is 0 Å². The summed E-state index contributed by atoms with van der Waals surface area (Å²) >= 11 is 0. The first-order valence-corrected chi connectivity index (χ1v) is 13.3. The Labute approximate surface area is 233 Å². The van der Waals surface area contributed by atoms with Crippen LogP contribution in [0.4, 0.5) is 5.69 Å². The summed E-state index contributed by atoms with van der Waals surface area (Å²) in [7, 11) is 2.97. The van der Waals surface area contributed by atoms with E-state index in [1.54, 1.807) is 30.3 Å². The number of carboxylic acid groups (broad SMARTS) is 1. The summed E-state index contributed by atoms with van der Waals surface area (Å²) in [5, 5.41) is 9.71. The lowest BCUT2D eigenvalue weighted by Gasteiger charge is -2.39. The number of anilines is 1. The fourth-order valence-corrected chi connectivity index (χ4v) is 5.71. The van der Waals surface area contributed by atoms with Gasteiger partial charge in [0.2, 0.25) is 0 Å². The van der Waals surface area contributed by atoms with Crippen LogP contribution in [0.5, 0.6) is 11.5 Å². The lowest BCUT2D eigenvalue weighted by Crippen LogP contribution is -2.47. The predicted octanol–water partition coefficient (Wildman–Crippen LogP) is 4.40. The first-order chi connectivity index (χ1) is 19.3. The van der Waals surface area contributed by atoms with Gasteiger partial charge in [-0.2, -0.15) is 0 Å². The van der Waals surface area contributed by atoms with Gasteiger partial charge >= 0.3 is 5.97 Å². The highest BCUT2D eigenvalue weighted by Crippen LogP contribution is 2.40. The zero-order valence-electron chi connectivity index (χ0n) is 22.9. The maximum Gasteiger partial charge on any atom is 0.305 e. The summed E-state index contributed by atoms with van der Waals surface area (Å²) < 4.78 is 10.7. The second-order valence-electron chi connectivity index (χ2n) is 10.0. The van der Waals surface area contributed by atoms with Crippen molar-refractivity contribution in [2.24, 2.45) is 0 Å². The fraction of sp³-hybridized carbons (Fsp3) is 0.323. The van der Waals surface area contributed by atoms with Crippen molar-refractivity contribution >= 4 is 23.5 Å². The molecule has 3 aromatic rings. The van der Waals surface area contributed by atoms with Crippen molar-refractivity contribution in [3.05, 3.63) is 89.0 Å². The summed E-state index contributed by atoms with van der Waals surface area (Å²) in [6, 6.07) is 19.8. The van der Waals surface area contributed by atoms with Gasteiger partial charge in [0.1, 0.15) is 0 Å². The van der Waals surface area contributed by atoms with E-state index in [0.717, 1.165) is 18.0 Å². The number of carbonyl (C=O) groups excluding carboxylic acids is 2. The van der Waals surface area contributed by atoms with Gasteiger partial charge in [-0.25, -0.2) is 0 Å². The van der Waals surface area contributed by atoms with Crippen LogP contribution in [0, 0.1) is 0 Å². The Kier molecular flexibility index (Phi) is 7.75. The van der Waals surface area contributed by atoms with Gasteiger partial charge in [-0.15, -0.1) is 0 Å². The van der Waals surface area contributed by atoms with Gasteiger partial charge in [0, 0.05) is 32.2 Å². The predicted molar refractivity (Wildman–Crippen MR) is 150 cm³/mol. The summed E-state index contributed by atoms with van der Waals surface area (Å²) in [5.41, 5.74) is 3.05. The van der Waals surface area contributed by atoms with Crippen LogP contribution >= 0.6 is 0 Å². The average molecular weight is 544 g/mol. The number of ether oxygens (including phenoxy) is 2. The molecule has 3 aromatic carbocycles. The molecule has 0 aromatic heterocycles. The second-order valence-corrected chi connectivity index (χ2v) is 10.0. The number of carbonyl (C=O) groups is 3. The molecule has 2 amide bonds. The first-order valence-electron chi connectivity index (χ1n) is 13.3. The largest absolute Gasteiger partial charge is 0.493 e. The molecule has 9 nitrogen and oxygen atoms in total. The zero-order valence-corrected chi connectivity index (χ0v) is 22.9. The smallest absolute Gasteiger partial charge is 0.305 e. The Bertz CT molecular complexity index is 1420. The van der Waals surface area contributed by atoms with Crippen LogP contribution in [-0.2, 0) is 4.79 Å². The van der Waals surface area contributed by atoms with Crippen molar-refractivity contribution in [3.8, 4) is 11.5 Å². The SMILES string of the molecule is COc1ccc(C(CC(=O)O)N2C(=O)c3cccc(N4CCN(C(C)c5ccccc5)CC4)c3C2=O)cc1OC. The van der Waals surface area contributed by atoms with Crippen molar-refractivity contribution in [3.63, 3.8) is 0 Å². The van der Waals surface area contributed by atoms with E-state index in [4.69, 9.17) is 9.47 Å². The number of methoxy groups -OCH3 is 2. The second kappa shape index (κ2) is 11.4. The number of nitrogens with zero attached hydrogens (tertiary/aromatic N) is 3. The maximum atomic E-state index is 13.9. The number of hydrogen-bond donors (Lipinski definition) is 1. The molecule has 0 aliphatic carbocycles. The number of benzene rings is 3. The summed E-state index contributed by atoms with van der Waals surface area (Å²) in [6.45, 7) is 5.20. The molecule has 2 aliphatic heterocycles. The van der Waals surface area contributed by atoms with Gasteiger partial charge in [0.25, 0.3) is 11.8 Å². The Morgan fingerprint density at radius 3 is 2.20 bits per heavy atom. The quantitative estimate of drug-likeness (QED) is 0.397. The standard InChI is InChI=1S/C31H33N3O6/c1-20(21-8-5-4-6-9-21)32-14-16-33(17-15-32)24-11-7-10-23-29(24)31(38)34(30(23)37)25(19-28(35)36)22-12-13-26(39-2)27(18-22)40-3/h4-13,18,20,25H,14-17,19H2,1-3H3,(H,35,36). The van der Waals surface area contributed by atoms with E-state index in [1.807, 2.05) is 24.3 Å². The van der Waals surface area contributed by atoms with Crippen molar-refractivity contribution in [2.75, 3.05) is 45.3 Å². The highest BCUT2D eigenvalue weighted by atomic mass is 16.5. The van der Waals surface area contributed by atoms with E-state index in [-0.39, 0.29) is 6.04 Å². The lowest BCUT2D eigenvalue weighted by molar-refractivity contribution is -0.138. The molecule has 2 heterocycles. The molecule has 40 heavy (non-hydrogen) atoms. The normalized spacial score (nSPS) is 17.0. The van der Waals surface area contributed by atoms with E-state index in [2.05, 4.69) is 28.9 Å². The molecule has 1 saturated heterocycles. The third kappa shape index (κ3) is 5.00. The van der Waals surface area contributed by atoms with Crippen LogP contribution in [0.25, 0.3) is 0 Å². The van der Waals surface area contributed by atoms with Crippen molar-refractivity contribution in [2.45, 2.75) is 25.4 Å². The minimum absolute atomic E-state index is 0.266. The minimum atomic E-state index is -1.12. The molecule has 0 spiro atoms. The molecular formula is C31H33N3O6. The van der Waals surface area contributed by atoms with Gasteiger partial charge in [-0.05, 0) is 42.3 Å². The van der Waals surface area contributed by atoms with Gasteiger partial charge in [-0.1, -0.05) is 42.5 Å². The number of hydrogen-bond acceptors (Lipinski definition) is 7. The number of imide groups is 1. The molecule has 2 unspecified atom stereocenters. The molecule has 9 heteroatoms. The average Bonchev–Trinajstić information content (AvgIpc) is 3.24. The zero-order chi connectivity index (χ0) is 28.4. The van der Waals surface area contributed by atoms with Crippen LogP contribution in [0.15, 0.2) is 66.7 Å². The summed E-state index contributed by atoms with van der Waals surface area (Å²) in [4.78, 5) is 45.1. The summed E-state index contributed by atoms with van der Waals surface area (Å²) in [6.07, 6.45) is -0.438. The van der Waals surface area contributed by atoms with Gasteiger partial charge in [0.05, 0.1) is 43.5 Å². The topological polar surface area (TPSA) is 99.6 Å². The number of rotatable bonds is 9. The van der Waals surface area contributed by atoms with Crippen LogP contribution in [0.3, 0.4) is 0 Å². The Morgan fingerprint density at radius 1 is 0.850 bits per heavy atom. The third-order valence-electron chi connectivity index (χ3n) is 7.88. The molecule has 1 fully saturated rings. The molecule has 5 rings (SSSR count). The van der Waals surface area contributed by atoms with E-state index in [0.29, 0.717) is 47.0 Å². The van der Waals surface area contributed by atoms with E-state index in [1.165, 1.54) is 19.8 Å². The lowest BCUT2D eigenvalue weighted by atomic mass is 10.0. The van der Waals surface area contributed by atoms with Crippen LogP contribution in [0.1, 0.15) is 57.3 Å². The van der Waals surface area contributed by atoms with Crippen LogP contribution in [-0.4, -0.2) is 73.1 Å². The first kappa shape index (κ1) is 27.2. The molecule has 0 radical (unpaired) electrons. The summed E-state index contributed by atoms with van der Waals surface area (Å²) in [5.74, 6) is -1.27. The van der Waals surface area contributed by atoms with Gasteiger partial charge in [-0.3, -0.25) is 24.2 Å². The number of fused-ring (bicyclic) bond motifs is 1. The minimum Gasteiger partial charge on any atom is -0.493 e. The maximum absolute atomic E-state index is 13.9. The Morgan fingerprint density at radius 2 is 1.55 bits per heavy atom. The number of piperazine rings is 1. The molecule has 1 N–H and O–H groups in total. The highest BCUT2D eigenvalue weighted by molar-refractivity contribution is 6.24. The van der Waals surface area contributed by atoms with Gasteiger partial charge < -0.3 is 19.5 Å². The monoisotopic (exact) mass is 543 g/mol. The number of amides is 2. The molecule has 208 valence electrons. The molecule has 2 aliphatic rings. The molecule has 0 saturated carbocycles. The van der Waals surface area contributed by atoms with Crippen molar-refractivity contribution in [1.29, 1.82) is 0 Å². The molecule has 2 atom stereocenters. The number of aliphatic carboxylic acids is 1. The Hall–Kier alpha value is -4.37. The molecule has 0 bridgehead atoms. The Balaban J connectivity index is 1.42. The highest BCUT2D eigenvalue weighted by Gasteiger charge is 2.44. The fourth-order valence-electron chi connectivity index (χ4n) is 5.71. The van der Waals surface area contributed by atoms with Crippen LogP contribution < -0.4 is 14.4 Å². The van der Waals surface area contributed by atoms with E-state index in [9.17, 15) is 19.5 Å². The van der Waals surface area contributed by atoms with Gasteiger partial charge in [0.15, 0.2) is 11.5 Å². The van der Waals surface area contributed by atoms with Crippen LogP contribution in [0.2, 0.25) is 0 Å². The van der Waals surface area contributed by atoms with Crippen molar-refractivity contribution < 1.29 is 29.0 Å². The third-order valence-corrected chi connectivity index (χ3v) is 7.88. The number of carboxylic acids is 1. The van der Waals surface area contributed by atoms with E-state index < -0.39 is 30.2 Å². The van der Waals surface area contributed by atoms with Crippen molar-refractivity contribution in [1.82, 2.24) is 9.80 Å². The molecular weight excluding hydrogens is 510 g/mol.